The van der Waals surface area contributed by atoms with E-state index >= 15 is 0 Å². The van der Waals surface area contributed by atoms with Gasteiger partial charge in [0.25, 0.3) is 0 Å². The molecule has 38 heavy (non-hydrogen) atoms. The Morgan fingerprint density at radius 3 is 2.34 bits per heavy atom. The Hall–Kier alpha value is -3.65. The molecule has 4 rings (SSSR count). The van der Waals surface area contributed by atoms with Crippen LogP contribution in [0.4, 0.5) is 5.82 Å². The quantitative estimate of drug-likeness (QED) is 0.424. The maximum absolute atomic E-state index is 11.4. The zero-order valence-electron chi connectivity index (χ0n) is 23.2. The van der Waals surface area contributed by atoms with E-state index in [9.17, 15) is 4.79 Å². The van der Waals surface area contributed by atoms with Gasteiger partial charge < -0.3 is 20.1 Å². The fourth-order valence-corrected chi connectivity index (χ4v) is 4.63. The smallest absolute Gasteiger partial charge is 0.231 e. The minimum atomic E-state index is -0.304. The third-order valence-electron chi connectivity index (χ3n) is 6.92. The molecule has 1 saturated heterocycles. The van der Waals surface area contributed by atoms with Crippen LogP contribution in [-0.4, -0.2) is 60.1 Å². The Labute approximate surface area is 225 Å². The summed E-state index contributed by atoms with van der Waals surface area (Å²) >= 11 is 0. The van der Waals surface area contributed by atoms with Crippen molar-refractivity contribution in [2.45, 2.75) is 47.1 Å². The summed E-state index contributed by atoms with van der Waals surface area (Å²) in [6.45, 7) is 14.6. The molecule has 0 unspecified atom stereocenters. The van der Waals surface area contributed by atoms with Crippen LogP contribution in [0.2, 0.25) is 0 Å². The first-order valence-electron chi connectivity index (χ1n) is 13.3. The average Bonchev–Trinajstić information content (AvgIpc) is 2.89. The second kappa shape index (κ2) is 12.3. The van der Waals surface area contributed by atoms with Crippen LogP contribution < -0.4 is 20.1 Å². The number of carbonyl (C=O) groups excluding carboxylic acids is 1. The maximum atomic E-state index is 11.4. The lowest BCUT2D eigenvalue weighted by Gasteiger charge is -2.36. The highest BCUT2D eigenvalue weighted by Crippen LogP contribution is 2.30. The number of benzene rings is 2. The molecule has 1 aliphatic rings. The van der Waals surface area contributed by atoms with Gasteiger partial charge in [-0.25, -0.2) is 9.97 Å². The highest BCUT2D eigenvalue weighted by Gasteiger charge is 2.24. The number of aryl methyl sites for hydroxylation is 2. The highest BCUT2D eigenvalue weighted by atomic mass is 16.5. The Morgan fingerprint density at radius 1 is 1.00 bits per heavy atom. The lowest BCUT2D eigenvalue weighted by molar-refractivity contribution is -0.119. The number of hydrogen-bond acceptors (Lipinski definition) is 7. The largest absolute Gasteiger partial charge is 0.494 e. The first kappa shape index (κ1) is 27.4. The number of hydrogen-bond donors (Lipinski definition) is 1. The molecular formula is C30H39N5O3. The predicted molar refractivity (Wildman–Crippen MR) is 151 cm³/mol. The van der Waals surface area contributed by atoms with E-state index < -0.39 is 0 Å². The van der Waals surface area contributed by atoms with Crippen LogP contribution in [0, 0.1) is 13.8 Å². The van der Waals surface area contributed by atoms with Gasteiger partial charge in [0.05, 0.1) is 24.4 Å². The first-order chi connectivity index (χ1) is 18.2. The zero-order valence-corrected chi connectivity index (χ0v) is 23.2. The van der Waals surface area contributed by atoms with Crippen molar-refractivity contribution in [1.82, 2.24) is 14.9 Å². The molecule has 3 aromatic rings. The van der Waals surface area contributed by atoms with E-state index in [0.29, 0.717) is 25.0 Å². The van der Waals surface area contributed by atoms with Crippen LogP contribution >= 0.6 is 0 Å². The molecule has 8 nitrogen and oxygen atoms in total. The number of piperazine rings is 1. The second-order valence-electron chi connectivity index (χ2n) is 10.1. The van der Waals surface area contributed by atoms with Crippen LogP contribution in [0.3, 0.4) is 0 Å². The van der Waals surface area contributed by atoms with E-state index in [1.807, 2.05) is 38.1 Å². The first-order valence-corrected chi connectivity index (χ1v) is 13.3. The monoisotopic (exact) mass is 517 g/mol. The number of rotatable bonds is 10. The summed E-state index contributed by atoms with van der Waals surface area (Å²) in [7, 11) is 0. The summed E-state index contributed by atoms with van der Waals surface area (Å²) in [4.78, 5) is 25.7. The highest BCUT2D eigenvalue weighted by molar-refractivity contribution is 5.76. The van der Waals surface area contributed by atoms with Crippen LogP contribution in [0.25, 0.3) is 11.4 Å². The van der Waals surface area contributed by atoms with Crippen molar-refractivity contribution in [3.63, 3.8) is 0 Å². The van der Waals surface area contributed by atoms with E-state index in [2.05, 4.69) is 48.8 Å². The van der Waals surface area contributed by atoms with E-state index in [-0.39, 0.29) is 12.5 Å². The summed E-state index contributed by atoms with van der Waals surface area (Å²) in [5.41, 5.74) is 10.6. The number of nitrogens with two attached hydrogens (primary N) is 1. The van der Waals surface area contributed by atoms with E-state index in [0.717, 1.165) is 65.9 Å². The van der Waals surface area contributed by atoms with Gasteiger partial charge in [-0.3, -0.25) is 9.69 Å². The van der Waals surface area contributed by atoms with Gasteiger partial charge in [-0.15, -0.1) is 0 Å². The van der Waals surface area contributed by atoms with Gasteiger partial charge in [-0.2, -0.15) is 0 Å². The fraction of sp³-hybridized carbons (Fsp3) is 0.433. The van der Waals surface area contributed by atoms with Crippen LogP contribution in [0.1, 0.15) is 49.1 Å². The average molecular weight is 518 g/mol. The Bertz CT molecular complexity index is 1250. The van der Waals surface area contributed by atoms with Crippen molar-refractivity contribution in [2.75, 3.05) is 44.2 Å². The molecule has 0 radical (unpaired) electrons. The molecule has 0 aliphatic carbocycles. The summed E-state index contributed by atoms with van der Waals surface area (Å²) < 4.78 is 12.0. The lowest BCUT2D eigenvalue weighted by atomic mass is 10.0. The number of ether oxygens (including phenoxy) is 2. The van der Waals surface area contributed by atoms with Crippen molar-refractivity contribution in [3.8, 4) is 22.9 Å². The van der Waals surface area contributed by atoms with Crippen molar-refractivity contribution >= 4 is 11.7 Å². The number of carbonyl (C=O) groups is 1. The summed E-state index contributed by atoms with van der Waals surface area (Å²) in [6.07, 6.45) is 0. The third kappa shape index (κ3) is 6.61. The molecule has 202 valence electrons. The Morgan fingerprint density at radius 2 is 1.71 bits per heavy atom. The van der Waals surface area contributed by atoms with Crippen molar-refractivity contribution in [1.29, 1.82) is 0 Å². The summed E-state index contributed by atoms with van der Waals surface area (Å²) in [5.74, 6) is 3.36. The molecule has 1 aliphatic heterocycles. The lowest BCUT2D eigenvalue weighted by Crippen LogP contribution is -2.49. The zero-order chi connectivity index (χ0) is 27.2. The molecule has 1 fully saturated rings. The maximum Gasteiger partial charge on any atom is 0.231 e. The number of anilines is 1. The second-order valence-corrected chi connectivity index (χ2v) is 10.1. The van der Waals surface area contributed by atoms with Crippen LogP contribution in [-0.2, 0) is 11.4 Å². The molecule has 0 spiro atoms. The van der Waals surface area contributed by atoms with E-state index in [1.165, 1.54) is 5.56 Å². The summed E-state index contributed by atoms with van der Waals surface area (Å²) in [6, 6.07) is 14.3. The molecule has 2 aromatic carbocycles. The molecule has 2 heterocycles. The molecule has 0 saturated carbocycles. The van der Waals surface area contributed by atoms with Gasteiger partial charge in [0.15, 0.2) is 5.82 Å². The van der Waals surface area contributed by atoms with Crippen molar-refractivity contribution < 1.29 is 14.3 Å². The number of primary amides is 1. The normalized spacial score (nSPS) is 14.1. The van der Waals surface area contributed by atoms with Gasteiger partial charge in [0.2, 0.25) is 5.91 Å². The number of aromatic nitrogens is 2. The SMILES string of the molecule is CCOc1ccc(-c2nc(C)c(COc3cc(C(C)C)ccc3C)c(N3CCN(CC(N)=O)CC3)n2)cc1. The fourth-order valence-electron chi connectivity index (χ4n) is 4.63. The standard InChI is InChI=1S/C30H39N5O3/c1-6-37-25-11-9-23(10-12-25)29-32-22(5)26(19-38-27-17-24(20(2)3)8-7-21(27)4)30(33-29)35-15-13-34(14-16-35)18-28(31)36/h7-12,17,20H,6,13-16,18-19H2,1-5H3,(H2,31,36). The van der Waals surface area contributed by atoms with Gasteiger partial charge in [0.1, 0.15) is 23.9 Å². The number of amides is 1. The molecule has 1 amide bonds. The third-order valence-corrected chi connectivity index (χ3v) is 6.92. The van der Waals surface area contributed by atoms with Gasteiger partial charge in [0, 0.05) is 31.7 Å². The predicted octanol–water partition coefficient (Wildman–Crippen LogP) is 4.47. The minimum absolute atomic E-state index is 0.273. The molecule has 1 aromatic heterocycles. The number of nitrogens with zero attached hydrogens (tertiary/aromatic N) is 4. The van der Waals surface area contributed by atoms with Crippen LogP contribution in [0.15, 0.2) is 42.5 Å². The van der Waals surface area contributed by atoms with Crippen LogP contribution in [0.5, 0.6) is 11.5 Å². The Kier molecular flexibility index (Phi) is 8.84. The van der Waals surface area contributed by atoms with Crippen molar-refractivity contribution in [3.05, 3.63) is 64.8 Å². The van der Waals surface area contributed by atoms with Gasteiger partial charge in [-0.1, -0.05) is 26.0 Å². The summed E-state index contributed by atoms with van der Waals surface area (Å²) in [5, 5.41) is 0. The van der Waals surface area contributed by atoms with E-state index in [1.54, 1.807) is 0 Å². The minimum Gasteiger partial charge on any atom is -0.494 e. The molecule has 2 N–H and O–H groups in total. The van der Waals surface area contributed by atoms with E-state index in [4.69, 9.17) is 25.2 Å². The van der Waals surface area contributed by atoms with Gasteiger partial charge >= 0.3 is 0 Å². The van der Waals surface area contributed by atoms with Crippen molar-refractivity contribution in [2.24, 2.45) is 5.73 Å². The molecule has 8 heteroatoms. The molecule has 0 atom stereocenters. The van der Waals surface area contributed by atoms with Gasteiger partial charge in [-0.05, 0) is 68.1 Å². The molecule has 0 bridgehead atoms. The Balaban J connectivity index is 1.65. The topological polar surface area (TPSA) is 93.8 Å². The molecular weight excluding hydrogens is 478 g/mol.